The quantitative estimate of drug-likeness (QED) is 0.371. The topological polar surface area (TPSA) is 37.2 Å². The number of rotatable bonds is 6. The molecule has 3 aromatic rings. The molecule has 36 heavy (non-hydrogen) atoms. The zero-order valence-corrected chi connectivity index (χ0v) is 19.0. The van der Waals surface area contributed by atoms with Gasteiger partial charge in [-0.1, -0.05) is 60.7 Å². The maximum atomic E-state index is 14.2. The van der Waals surface area contributed by atoms with Gasteiger partial charge in [-0.3, -0.25) is 0 Å². The number of alkyl halides is 6. The van der Waals surface area contributed by atoms with Gasteiger partial charge >= 0.3 is 18.0 Å². The summed E-state index contributed by atoms with van der Waals surface area (Å²) in [4.78, 5) is 7.93. The van der Waals surface area contributed by atoms with Crippen LogP contribution in [0.25, 0.3) is 0 Å². The van der Waals surface area contributed by atoms with E-state index >= 15 is 0 Å². The van der Waals surface area contributed by atoms with E-state index in [9.17, 15) is 26.3 Å². The molecule has 0 unspecified atom stereocenters. The van der Waals surface area contributed by atoms with Crippen molar-refractivity contribution in [1.82, 2.24) is 4.90 Å². The summed E-state index contributed by atoms with van der Waals surface area (Å²) in [7, 11) is 1.40. The second-order valence-corrected chi connectivity index (χ2v) is 8.02. The van der Waals surface area contributed by atoms with Crippen LogP contribution in [0.1, 0.15) is 16.7 Å². The molecule has 0 fully saturated rings. The molecule has 0 radical (unpaired) electrons. The summed E-state index contributed by atoms with van der Waals surface area (Å²) < 4.78 is 90.3. The number of hydrogen-bond donors (Lipinski definition) is 0. The van der Waals surface area contributed by atoms with Crippen molar-refractivity contribution in [3.63, 3.8) is 0 Å². The fourth-order valence-electron chi connectivity index (χ4n) is 3.83. The SMILES string of the molecule is COc1ccc(C2=NC(C(F)(F)F)(C(F)(F)F)N=C(c3ccccc3)N2CCc2ccccc2)cc1. The van der Waals surface area contributed by atoms with E-state index in [1.165, 1.54) is 60.5 Å². The summed E-state index contributed by atoms with van der Waals surface area (Å²) in [6.07, 6.45) is -11.4. The molecule has 1 heterocycles. The Labute approximate surface area is 203 Å². The van der Waals surface area contributed by atoms with Crippen molar-refractivity contribution in [1.29, 1.82) is 0 Å². The highest BCUT2D eigenvalue weighted by atomic mass is 19.4. The highest BCUT2D eigenvalue weighted by Crippen LogP contribution is 2.49. The molecule has 10 heteroatoms. The molecule has 0 saturated carbocycles. The van der Waals surface area contributed by atoms with Gasteiger partial charge in [0.15, 0.2) is 0 Å². The van der Waals surface area contributed by atoms with E-state index in [0.29, 0.717) is 12.2 Å². The fraction of sp³-hybridized carbons (Fsp3) is 0.231. The number of methoxy groups -OCH3 is 1. The predicted octanol–water partition coefficient (Wildman–Crippen LogP) is 6.27. The maximum Gasteiger partial charge on any atom is 0.443 e. The third-order valence-electron chi connectivity index (χ3n) is 5.68. The van der Waals surface area contributed by atoms with Crippen LogP contribution in [0.2, 0.25) is 0 Å². The molecule has 3 aromatic carbocycles. The van der Waals surface area contributed by atoms with Crippen molar-refractivity contribution in [2.75, 3.05) is 13.7 Å². The van der Waals surface area contributed by atoms with Crippen molar-refractivity contribution in [2.45, 2.75) is 24.4 Å². The van der Waals surface area contributed by atoms with E-state index in [1.807, 2.05) is 18.2 Å². The first-order valence-corrected chi connectivity index (χ1v) is 10.9. The van der Waals surface area contributed by atoms with Crippen molar-refractivity contribution < 1.29 is 31.1 Å². The highest BCUT2D eigenvalue weighted by Gasteiger charge is 2.74. The van der Waals surface area contributed by atoms with Crippen LogP contribution in [0.15, 0.2) is 94.9 Å². The zero-order valence-electron chi connectivity index (χ0n) is 19.0. The first-order valence-electron chi connectivity index (χ1n) is 10.9. The van der Waals surface area contributed by atoms with E-state index in [-0.39, 0.29) is 17.7 Å². The van der Waals surface area contributed by atoms with Crippen LogP contribution in [-0.4, -0.2) is 48.2 Å². The lowest BCUT2D eigenvalue weighted by atomic mass is 10.0. The molecule has 0 atom stereocenters. The van der Waals surface area contributed by atoms with E-state index in [0.717, 1.165) is 5.56 Å². The lowest BCUT2D eigenvalue weighted by Crippen LogP contribution is -2.59. The van der Waals surface area contributed by atoms with E-state index < -0.39 is 29.7 Å². The van der Waals surface area contributed by atoms with Gasteiger partial charge in [0.25, 0.3) is 0 Å². The second-order valence-electron chi connectivity index (χ2n) is 8.02. The largest absolute Gasteiger partial charge is 0.497 e. The Balaban J connectivity index is 1.94. The normalized spacial score (nSPS) is 15.8. The molecule has 0 saturated heterocycles. The molecule has 4 rings (SSSR count). The first-order chi connectivity index (χ1) is 17.1. The van der Waals surface area contributed by atoms with Gasteiger partial charge < -0.3 is 9.64 Å². The molecule has 1 aliphatic heterocycles. The summed E-state index contributed by atoms with van der Waals surface area (Å²) in [5, 5.41) is 0. The number of benzene rings is 3. The van der Waals surface area contributed by atoms with Gasteiger partial charge in [-0.05, 0) is 36.2 Å². The van der Waals surface area contributed by atoms with Crippen LogP contribution in [0.5, 0.6) is 5.75 Å². The summed E-state index contributed by atoms with van der Waals surface area (Å²) in [5.74, 6) is -0.570. The van der Waals surface area contributed by atoms with Gasteiger partial charge in [-0.2, -0.15) is 26.3 Å². The minimum absolute atomic E-state index is 0.0361. The van der Waals surface area contributed by atoms with E-state index in [2.05, 4.69) is 9.98 Å². The molecule has 0 bridgehead atoms. The fourth-order valence-corrected chi connectivity index (χ4v) is 3.83. The average Bonchev–Trinajstić information content (AvgIpc) is 2.87. The molecule has 188 valence electrons. The third kappa shape index (κ3) is 4.80. The van der Waals surface area contributed by atoms with Crippen LogP contribution < -0.4 is 4.74 Å². The zero-order chi connectivity index (χ0) is 26.0. The first kappa shape index (κ1) is 25.3. The average molecular weight is 505 g/mol. The van der Waals surface area contributed by atoms with Gasteiger partial charge in [-0.25, -0.2) is 9.98 Å². The van der Waals surface area contributed by atoms with Crippen LogP contribution in [0.4, 0.5) is 26.3 Å². The number of ether oxygens (including phenoxy) is 1. The van der Waals surface area contributed by atoms with Gasteiger partial charge in [0.05, 0.1) is 7.11 Å². The molecule has 4 nitrogen and oxygen atoms in total. The van der Waals surface area contributed by atoms with Crippen LogP contribution in [-0.2, 0) is 6.42 Å². The lowest BCUT2D eigenvalue weighted by Gasteiger charge is -2.39. The summed E-state index contributed by atoms with van der Waals surface area (Å²) in [6.45, 7) is 0.0361. The minimum atomic E-state index is -5.84. The number of nitrogens with zero attached hydrogens (tertiary/aromatic N) is 3. The number of amidine groups is 2. The molecule has 0 amide bonds. The Hall–Kier alpha value is -3.82. The molecular formula is C26H21F6N3O. The van der Waals surface area contributed by atoms with Gasteiger partial charge in [-0.15, -0.1) is 0 Å². The molecule has 0 aliphatic carbocycles. The molecule has 0 aromatic heterocycles. The monoisotopic (exact) mass is 505 g/mol. The Bertz CT molecular complexity index is 1220. The smallest absolute Gasteiger partial charge is 0.443 e. The van der Waals surface area contributed by atoms with Crippen LogP contribution >= 0.6 is 0 Å². The van der Waals surface area contributed by atoms with E-state index in [4.69, 9.17) is 4.74 Å². The Kier molecular flexibility index (Phi) is 6.79. The van der Waals surface area contributed by atoms with Crippen molar-refractivity contribution in [2.24, 2.45) is 9.98 Å². The summed E-state index contributed by atoms with van der Waals surface area (Å²) in [5.41, 5.74) is -3.65. The molecule has 1 aliphatic rings. The molecule has 0 N–H and O–H groups in total. The Morgan fingerprint density at radius 2 is 1.17 bits per heavy atom. The van der Waals surface area contributed by atoms with Crippen molar-refractivity contribution >= 4 is 11.7 Å². The van der Waals surface area contributed by atoms with Crippen LogP contribution in [0.3, 0.4) is 0 Å². The molecular weight excluding hydrogens is 484 g/mol. The lowest BCUT2D eigenvalue weighted by molar-refractivity contribution is -0.292. The standard InChI is InChI=1S/C26H21F6N3O/c1-36-21-14-12-20(13-15-21)23-34-24(25(27,28)29,26(30,31)32)33-22(19-10-6-3-7-11-19)35(23)17-16-18-8-4-2-5-9-18/h2-15H,16-17H2,1H3. The number of aliphatic imine (C=N–C) groups is 2. The van der Waals surface area contributed by atoms with Gasteiger partial charge in [0.1, 0.15) is 17.4 Å². The third-order valence-corrected chi connectivity index (χ3v) is 5.68. The maximum absolute atomic E-state index is 14.2. The highest BCUT2D eigenvalue weighted by molar-refractivity contribution is 6.16. The Morgan fingerprint density at radius 1 is 0.694 bits per heavy atom. The number of halogens is 6. The second kappa shape index (κ2) is 9.67. The van der Waals surface area contributed by atoms with Gasteiger partial charge in [0.2, 0.25) is 0 Å². The van der Waals surface area contributed by atoms with Gasteiger partial charge in [0, 0.05) is 17.7 Å². The van der Waals surface area contributed by atoms with Crippen molar-refractivity contribution in [3.05, 3.63) is 102 Å². The Morgan fingerprint density at radius 3 is 1.64 bits per heavy atom. The minimum Gasteiger partial charge on any atom is -0.497 e. The van der Waals surface area contributed by atoms with Crippen LogP contribution in [0, 0.1) is 0 Å². The molecule has 0 spiro atoms. The van der Waals surface area contributed by atoms with E-state index in [1.54, 1.807) is 18.2 Å². The predicted molar refractivity (Wildman–Crippen MR) is 124 cm³/mol. The summed E-state index contributed by atoms with van der Waals surface area (Å²) >= 11 is 0. The summed E-state index contributed by atoms with van der Waals surface area (Å²) in [6, 6.07) is 22.2. The number of hydrogen-bond acceptors (Lipinski definition) is 4. The van der Waals surface area contributed by atoms with Crippen molar-refractivity contribution in [3.8, 4) is 5.75 Å².